The number of ether oxygens (including phenoxy) is 1. The van der Waals surface area contributed by atoms with Crippen molar-refractivity contribution in [1.82, 2.24) is 19.9 Å². The molecule has 2 N–H and O–H groups in total. The standard InChI is InChI=1S/C13H9FN4O2S/c1-20-8-3-6(2-7(14)4-8)10-9-11(18-13(21)17-10)15-5-16-12(9)19/h2-5H,1H3,(H2,15,16,17,18,19,21). The van der Waals surface area contributed by atoms with E-state index in [1.54, 1.807) is 6.07 Å². The van der Waals surface area contributed by atoms with Gasteiger partial charge >= 0.3 is 0 Å². The largest absolute Gasteiger partial charge is 0.497 e. The van der Waals surface area contributed by atoms with Crippen molar-refractivity contribution in [2.45, 2.75) is 0 Å². The first kappa shape index (κ1) is 13.4. The topological polar surface area (TPSA) is 83.7 Å². The minimum Gasteiger partial charge on any atom is -0.497 e. The minimum atomic E-state index is -0.492. The maximum Gasteiger partial charge on any atom is 0.262 e. The Labute approximate surface area is 122 Å². The van der Waals surface area contributed by atoms with Crippen LogP contribution in [0.1, 0.15) is 0 Å². The molecule has 2 heterocycles. The molecule has 0 aliphatic carbocycles. The molecule has 0 aliphatic rings. The fraction of sp³-hybridized carbons (Fsp3) is 0.0769. The van der Waals surface area contributed by atoms with E-state index in [9.17, 15) is 9.18 Å². The lowest BCUT2D eigenvalue weighted by Crippen LogP contribution is -2.10. The molecule has 3 rings (SSSR count). The van der Waals surface area contributed by atoms with Gasteiger partial charge in [0.1, 0.15) is 17.0 Å². The zero-order valence-corrected chi connectivity index (χ0v) is 11.6. The van der Waals surface area contributed by atoms with Crippen molar-refractivity contribution in [1.29, 1.82) is 0 Å². The van der Waals surface area contributed by atoms with Gasteiger partial charge in [-0.1, -0.05) is 0 Å². The van der Waals surface area contributed by atoms with E-state index in [-0.39, 0.29) is 15.8 Å². The molecular weight excluding hydrogens is 295 g/mol. The number of nitrogens with one attached hydrogen (secondary N) is 2. The van der Waals surface area contributed by atoms with Gasteiger partial charge < -0.3 is 14.7 Å². The molecule has 3 aromatic rings. The molecule has 8 heteroatoms. The average molecular weight is 304 g/mol. The fourth-order valence-corrected chi connectivity index (χ4v) is 2.22. The van der Waals surface area contributed by atoms with Gasteiger partial charge in [0.15, 0.2) is 10.4 Å². The molecule has 1 aromatic carbocycles. The van der Waals surface area contributed by atoms with Crippen molar-refractivity contribution in [2.75, 3.05) is 7.11 Å². The Morgan fingerprint density at radius 2 is 2.14 bits per heavy atom. The van der Waals surface area contributed by atoms with Crippen molar-refractivity contribution in [3.63, 3.8) is 0 Å². The summed E-state index contributed by atoms with van der Waals surface area (Å²) < 4.78 is 18.8. The molecule has 0 fully saturated rings. The molecule has 0 radical (unpaired) electrons. The van der Waals surface area contributed by atoms with Crippen molar-refractivity contribution in [2.24, 2.45) is 0 Å². The second-order valence-electron chi connectivity index (χ2n) is 4.23. The molecule has 106 valence electrons. The number of H-pyrrole nitrogens is 2. The summed E-state index contributed by atoms with van der Waals surface area (Å²) >= 11 is 5.02. The molecular formula is C13H9FN4O2S. The van der Waals surface area contributed by atoms with Gasteiger partial charge in [-0.05, 0) is 24.4 Å². The Bertz CT molecular complexity index is 951. The third kappa shape index (κ3) is 2.40. The Morgan fingerprint density at radius 3 is 2.90 bits per heavy atom. The van der Waals surface area contributed by atoms with Crippen molar-refractivity contribution in [3.05, 3.63) is 45.5 Å². The number of hydrogen-bond donors (Lipinski definition) is 2. The second kappa shape index (κ2) is 5.06. The van der Waals surface area contributed by atoms with Gasteiger partial charge in [-0.25, -0.2) is 9.37 Å². The van der Waals surface area contributed by atoms with Crippen molar-refractivity contribution in [3.8, 4) is 17.0 Å². The van der Waals surface area contributed by atoms with E-state index >= 15 is 0 Å². The third-order valence-electron chi connectivity index (χ3n) is 2.92. The minimum absolute atomic E-state index is 0.152. The van der Waals surface area contributed by atoms with Crippen LogP contribution in [0.15, 0.2) is 29.3 Å². The summed E-state index contributed by atoms with van der Waals surface area (Å²) in [4.78, 5) is 25.2. The number of aromatic nitrogens is 4. The van der Waals surface area contributed by atoms with Gasteiger partial charge in [-0.15, -0.1) is 0 Å². The molecule has 0 bridgehead atoms. The zero-order valence-electron chi connectivity index (χ0n) is 10.8. The number of halogens is 1. The Kier molecular flexibility index (Phi) is 3.22. The summed E-state index contributed by atoms with van der Waals surface area (Å²) in [6.45, 7) is 0. The van der Waals surface area contributed by atoms with Crippen LogP contribution in [-0.4, -0.2) is 27.0 Å². The van der Waals surface area contributed by atoms with E-state index in [1.807, 2.05) is 0 Å². The lowest BCUT2D eigenvalue weighted by Gasteiger charge is -2.07. The Hall–Kier alpha value is -2.61. The number of hydrogen-bond acceptors (Lipinski definition) is 5. The SMILES string of the molecule is COc1cc(F)cc(-c2[nH]c(=S)nc3nc[nH]c(=O)c23)c1. The Balaban J connectivity index is 2.42. The first-order valence-corrected chi connectivity index (χ1v) is 6.32. The van der Waals surface area contributed by atoms with E-state index < -0.39 is 11.4 Å². The lowest BCUT2D eigenvalue weighted by atomic mass is 10.1. The Morgan fingerprint density at radius 1 is 1.33 bits per heavy atom. The monoisotopic (exact) mass is 304 g/mol. The number of methoxy groups -OCH3 is 1. The van der Waals surface area contributed by atoms with Gasteiger partial charge in [0.25, 0.3) is 5.56 Å². The third-order valence-corrected chi connectivity index (χ3v) is 3.11. The fourth-order valence-electron chi connectivity index (χ4n) is 2.04. The smallest absolute Gasteiger partial charge is 0.262 e. The molecule has 6 nitrogen and oxygen atoms in total. The van der Waals surface area contributed by atoms with Crippen LogP contribution in [0.25, 0.3) is 22.3 Å². The number of nitrogens with zero attached hydrogens (tertiary/aromatic N) is 2. The van der Waals surface area contributed by atoms with Gasteiger partial charge in [0, 0.05) is 11.6 Å². The number of benzene rings is 1. The van der Waals surface area contributed by atoms with Gasteiger partial charge in [0.05, 0.1) is 19.1 Å². The highest BCUT2D eigenvalue weighted by Crippen LogP contribution is 2.27. The summed E-state index contributed by atoms with van der Waals surface area (Å²) in [5.74, 6) is -0.163. The summed E-state index contributed by atoms with van der Waals surface area (Å²) in [5.41, 5.74) is 0.568. The summed E-state index contributed by atoms with van der Waals surface area (Å²) in [6.07, 6.45) is 1.24. The summed E-state index contributed by atoms with van der Waals surface area (Å²) in [7, 11) is 1.43. The molecule has 0 amide bonds. The van der Waals surface area contributed by atoms with Gasteiger partial charge in [-0.3, -0.25) is 4.79 Å². The van der Waals surface area contributed by atoms with Crippen LogP contribution in [0.2, 0.25) is 0 Å². The molecule has 0 saturated carbocycles. The highest BCUT2D eigenvalue weighted by molar-refractivity contribution is 7.71. The van der Waals surface area contributed by atoms with E-state index in [0.717, 1.165) is 0 Å². The quantitative estimate of drug-likeness (QED) is 0.709. The van der Waals surface area contributed by atoms with Crippen LogP contribution < -0.4 is 10.3 Å². The van der Waals surface area contributed by atoms with E-state index in [4.69, 9.17) is 17.0 Å². The maximum atomic E-state index is 13.7. The highest BCUT2D eigenvalue weighted by atomic mass is 32.1. The molecule has 0 spiro atoms. The van der Waals surface area contributed by atoms with Crippen LogP contribution in [-0.2, 0) is 0 Å². The van der Waals surface area contributed by atoms with E-state index in [2.05, 4.69) is 19.9 Å². The predicted molar refractivity (Wildman–Crippen MR) is 77.3 cm³/mol. The first-order valence-electron chi connectivity index (χ1n) is 5.91. The first-order chi connectivity index (χ1) is 10.1. The second-order valence-corrected chi connectivity index (χ2v) is 4.61. The number of aromatic amines is 2. The van der Waals surface area contributed by atoms with Gasteiger partial charge in [0.2, 0.25) is 0 Å². The average Bonchev–Trinajstić information content (AvgIpc) is 2.45. The number of rotatable bonds is 2. The number of fused-ring (bicyclic) bond motifs is 1. The van der Waals surface area contributed by atoms with Crippen LogP contribution in [0.5, 0.6) is 5.75 Å². The lowest BCUT2D eigenvalue weighted by molar-refractivity contribution is 0.411. The van der Waals surface area contributed by atoms with E-state index in [0.29, 0.717) is 17.0 Å². The van der Waals surface area contributed by atoms with Crippen LogP contribution >= 0.6 is 12.2 Å². The van der Waals surface area contributed by atoms with Crippen LogP contribution in [0.3, 0.4) is 0 Å². The van der Waals surface area contributed by atoms with Crippen molar-refractivity contribution < 1.29 is 9.13 Å². The molecule has 2 aromatic heterocycles. The molecule has 0 atom stereocenters. The summed E-state index contributed by atoms with van der Waals surface area (Å²) in [6, 6.07) is 4.11. The van der Waals surface area contributed by atoms with Crippen LogP contribution in [0, 0.1) is 10.6 Å². The predicted octanol–water partition coefficient (Wildman–Crippen LogP) is 2.19. The van der Waals surface area contributed by atoms with Crippen LogP contribution in [0.4, 0.5) is 4.39 Å². The maximum absolute atomic E-state index is 13.7. The normalized spacial score (nSPS) is 10.8. The van der Waals surface area contributed by atoms with E-state index in [1.165, 1.54) is 25.6 Å². The summed E-state index contributed by atoms with van der Waals surface area (Å²) in [5, 5.41) is 0.207. The van der Waals surface area contributed by atoms with Crippen molar-refractivity contribution >= 4 is 23.3 Å². The zero-order chi connectivity index (χ0) is 15.0. The van der Waals surface area contributed by atoms with Gasteiger partial charge in [-0.2, -0.15) is 4.98 Å². The molecule has 21 heavy (non-hydrogen) atoms. The molecule has 0 saturated heterocycles. The molecule has 0 unspecified atom stereocenters. The molecule has 0 aliphatic heterocycles. The highest BCUT2D eigenvalue weighted by Gasteiger charge is 2.12.